The maximum absolute atomic E-state index is 13.4. The normalized spacial score (nSPS) is 14.1. The number of carboxylic acids is 1. The first-order chi connectivity index (χ1) is 71.6. The number of aromatic nitrogens is 5. The van der Waals surface area contributed by atoms with E-state index in [9.17, 15) is 33.6 Å². The Hall–Kier alpha value is -15.1. The van der Waals surface area contributed by atoms with Gasteiger partial charge in [-0.05, 0) is 262 Å². The van der Waals surface area contributed by atoms with E-state index < -0.39 is 29.4 Å². The minimum absolute atomic E-state index is 0.224. The zero-order chi connectivity index (χ0) is 106. The third kappa shape index (κ3) is 30.1. The minimum Gasteiger partial charge on any atom is -0.478 e. The first-order valence-electron chi connectivity index (χ1n) is 49.2. The Morgan fingerprint density at radius 1 is 0.342 bits per heavy atom. The number of pyridine rings is 5. The highest BCUT2D eigenvalue weighted by Crippen LogP contribution is 2.38. The van der Waals surface area contributed by atoms with Gasteiger partial charge < -0.3 is 85.4 Å². The molecule has 16 aromatic rings. The van der Waals surface area contributed by atoms with E-state index in [1.54, 1.807) is 111 Å². The van der Waals surface area contributed by atoms with Crippen LogP contribution in [0.2, 0.25) is 0 Å². The summed E-state index contributed by atoms with van der Waals surface area (Å²) in [5, 5.41) is 30.9. The average molecular weight is 2130 g/mol. The van der Waals surface area contributed by atoms with Gasteiger partial charge in [-0.15, -0.1) is 34.0 Å². The second-order valence-corrected chi connectivity index (χ2v) is 42.1. The Morgan fingerprint density at radius 3 is 1.00 bits per heavy atom. The number of hydrogen-bond acceptors (Lipinski definition) is 29. The monoisotopic (exact) mass is 2130 g/mol. The van der Waals surface area contributed by atoms with Crippen molar-refractivity contribution in [3.8, 4) is 31.3 Å². The molecule has 0 spiro atoms. The van der Waals surface area contributed by atoms with E-state index in [4.69, 9.17) is 35.5 Å². The highest BCUT2D eigenvalue weighted by Gasteiger charge is 2.26. The number of carboxylic acid groups (broad SMARTS) is 1. The van der Waals surface area contributed by atoms with Crippen LogP contribution in [0.3, 0.4) is 0 Å². The highest BCUT2D eigenvalue weighted by molar-refractivity contribution is 9.10. The van der Waals surface area contributed by atoms with Gasteiger partial charge >= 0.3 is 30.1 Å². The zero-order valence-electron chi connectivity index (χ0n) is 85.6. The molecular formula is C114H124BrN19O12S3. The van der Waals surface area contributed by atoms with Gasteiger partial charge in [0.1, 0.15) is 11.2 Å². The lowest BCUT2D eigenvalue weighted by Crippen LogP contribution is -2.44. The Morgan fingerprint density at radius 2 is 0.651 bits per heavy atom. The Labute approximate surface area is 887 Å². The molecule has 20 rings (SSSR count). The molecule has 0 bridgehead atoms. The molecule has 4 aliphatic rings. The van der Waals surface area contributed by atoms with Gasteiger partial charge in [-0.3, -0.25) is 45.1 Å². The lowest BCUT2D eigenvalue weighted by Gasteiger charge is -2.34. The van der Waals surface area contributed by atoms with Crippen molar-refractivity contribution in [1.29, 1.82) is 0 Å². The molecule has 0 saturated carbocycles. The number of benzene rings is 8. The highest BCUT2D eigenvalue weighted by atomic mass is 79.9. The van der Waals surface area contributed by atoms with E-state index in [2.05, 4.69) is 166 Å². The van der Waals surface area contributed by atoms with Crippen LogP contribution in [0.1, 0.15) is 107 Å². The Kier molecular flexibility index (Phi) is 36.3. The molecule has 0 radical (unpaired) electrons. The summed E-state index contributed by atoms with van der Waals surface area (Å²) in [5.74, 6) is -2.14. The standard InChI is InChI=1S/C30H33N5O3S.C25H25N5OS.C17H21N3O2.C15H17N3O2.C15H18N2O2S.C12H10BrNO2/c1-30(2,3)38-29(37)33-24-10-8-21(27-6-5-15-39-27)17-26(24)32-28(36)22-16-20-7-9-23(18-25(20)31-19-22)35-13-11-34(4)12-14-35;1-29-8-10-30(11-9-29)20-6-4-17-13-19(16-27-22(17)15-20)25(31)28-23-14-18(5-7-21(23)26)24-3-2-12-32-24;1-3-22-17(21)14-10-13-4-5-15(11-16(13)18-12-14)20-8-6-19(2)7-9-20;1-17-4-6-18(7-5-17)13-3-2-11-8-12(15(19)20)10-16-14(11)9-13;1-15(2,3)19-14(18)17-12-7-6-10(9-11(12)16)13-5-4-8-20-13;1-2-16-12(15)9-5-8-3-4-10(13)6-11(8)14-7-9/h5-10,15-19H,11-14H2,1-4H3,(H,32,36)(H,33,37);2-7,12-16H,8-11,26H2,1H3,(H,28,31);4-5,10-12H,3,6-9H2,1-2H3;2-3,8-10H,4-7H2,1H3,(H,19,20);4-9H,16H2,1-3H3,(H,17,18);3-7H,2H2,1H3. The zero-order valence-corrected chi connectivity index (χ0v) is 89.6. The second-order valence-electron chi connectivity index (χ2n) is 38.3. The molecule has 4 aliphatic heterocycles. The number of aromatic carboxylic acids is 1. The first-order valence-corrected chi connectivity index (χ1v) is 52.6. The number of hydrogen-bond donors (Lipinski definition) is 7. The van der Waals surface area contributed by atoms with Crippen molar-refractivity contribution in [2.24, 2.45) is 0 Å². The molecule has 31 nitrogen and oxygen atoms in total. The molecular weight excluding hydrogens is 2000 g/mol. The van der Waals surface area contributed by atoms with Crippen molar-refractivity contribution in [2.75, 3.05) is 198 Å². The number of halogens is 1. The van der Waals surface area contributed by atoms with Gasteiger partial charge in [0.2, 0.25) is 0 Å². The number of piperazine rings is 4. The molecule has 4 fully saturated rings. The number of amides is 4. The molecule has 0 aliphatic carbocycles. The van der Waals surface area contributed by atoms with E-state index in [0.29, 0.717) is 69.6 Å². The number of nitrogens with zero attached hydrogens (tertiary/aromatic N) is 13. The van der Waals surface area contributed by atoms with E-state index in [0.717, 1.165) is 206 Å². The summed E-state index contributed by atoms with van der Waals surface area (Å²) in [7, 11) is 8.57. The first kappa shape index (κ1) is 108. The molecule has 8 aromatic heterocycles. The molecule has 149 heavy (non-hydrogen) atoms. The summed E-state index contributed by atoms with van der Waals surface area (Å²) in [4.78, 5) is 129. The number of likely N-dealkylation sites (N-methyl/N-ethyl adjacent to an activating group) is 4. The number of nitrogens with two attached hydrogens (primary N) is 2. The van der Waals surface area contributed by atoms with Gasteiger partial charge in [0.15, 0.2) is 0 Å². The lowest BCUT2D eigenvalue weighted by molar-refractivity contribution is 0.0516. The van der Waals surface area contributed by atoms with Gasteiger partial charge in [0.05, 0.1) is 103 Å². The van der Waals surface area contributed by atoms with Crippen LogP contribution in [0.15, 0.2) is 264 Å². The van der Waals surface area contributed by atoms with Crippen LogP contribution in [-0.4, -0.2) is 249 Å². The second kappa shape index (κ2) is 50.1. The number of fused-ring (bicyclic) bond motifs is 5. The number of rotatable bonds is 18. The van der Waals surface area contributed by atoms with E-state index in [1.807, 2.05) is 189 Å². The molecule has 4 amide bonds. The molecule has 35 heteroatoms. The lowest BCUT2D eigenvalue weighted by atomic mass is 10.1. The van der Waals surface area contributed by atoms with Crippen LogP contribution >= 0.6 is 49.9 Å². The van der Waals surface area contributed by atoms with Crippen LogP contribution in [0.5, 0.6) is 0 Å². The summed E-state index contributed by atoms with van der Waals surface area (Å²) >= 11 is 8.27. The van der Waals surface area contributed by atoms with Crippen molar-refractivity contribution in [1.82, 2.24) is 44.5 Å². The molecule has 9 N–H and O–H groups in total. The number of carbonyl (C=O) groups excluding carboxylic acids is 6. The third-order valence-electron chi connectivity index (χ3n) is 24.9. The van der Waals surface area contributed by atoms with Crippen LogP contribution < -0.4 is 52.3 Å². The van der Waals surface area contributed by atoms with Crippen molar-refractivity contribution >= 4 is 203 Å². The average Bonchev–Trinajstić information content (AvgIpc) is 1.69. The van der Waals surface area contributed by atoms with Crippen LogP contribution in [-0.2, 0) is 18.9 Å². The molecule has 12 heterocycles. The minimum atomic E-state index is -0.942. The van der Waals surface area contributed by atoms with Crippen molar-refractivity contribution < 1.29 is 57.6 Å². The summed E-state index contributed by atoms with van der Waals surface area (Å²) < 4.78 is 21.5. The molecule has 772 valence electrons. The van der Waals surface area contributed by atoms with E-state index in [-0.39, 0.29) is 29.3 Å². The summed E-state index contributed by atoms with van der Waals surface area (Å²) in [6.45, 7) is 31.7. The number of esters is 2. The summed E-state index contributed by atoms with van der Waals surface area (Å²) in [5.41, 5.74) is 28.2. The van der Waals surface area contributed by atoms with Crippen molar-refractivity contribution in [3.63, 3.8) is 0 Å². The van der Waals surface area contributed by atoms with Crippen LogP contribution in [0.25, 0.3) is 85.8 Å². The molecule has 0 unspecified atom stereocenters. The Bertz CT molecular complexity index is 7410. The predicted molar refractivity (Wildman–Crippen MR) is 608 cm³/mol. The van der Waals surface area contributed by atoms with Crippen molar-refractivity contribution in [2.45, 2.75) is 66.6 Å². The number of nitrogen functional groups attached to an aromatic ring is 2. The Balaban J connectivity index is 0.000000137. The fraction of sp³-hybridized carbons (Fsp3) is 0.281. The van der Waals surface area contributed by atoms with Crippen LogP contribution in [0.4, 0.5) is 66.5 Å². The topological polar surface area (TPSA) is 367 Å². The maximum atomic E-state index is 13.4. The summed E-state index contributed by atoms with van der Waals surface area (Å²) in [6, 6.07) is 68.3. The number of ether oxygens (including phenoxy) is 4. The molecule has 0 atom stereocenters. The predicted octanol–water partition coefficient (Wildman–Crippen LogP) is 22.2. The van der Waals surface area contributed by atoms with E-state index in [1.165, 1.54) is 23.8 Å². The van der Waals surface area contributed by atoms with E-state index >= 15 is 0 Å². The number of anilines is 10. The van der Waals surface area contributed by atoms with Gasteiger partial charge in [-0.1, -0.05) is 82.7 Å². The molecule has 8 aromatic carbocycles. The quantitative estimate of drug-likeness (QED) is 0.0238. The number of nitrogens with one attached hydrogen (secondary N) is 4. The largest absolute Gasteiger partial charge is 0.478 e. The smallest absolute Gasteiger partial charge is 0.412 e. The summed E-state index contributed by atoms with van der Waals surface area (Å²) in [6.07, 6.45) is 6.66. The number of thiophene rings is 3. The van der Waals surface area contributed by atoms with Crippen LogP contribution in [0, 0.1) is 0 Å². The van der Waals surface area contributed by atoms with Gasteiger partial charge in [0.25, 0.3) is 11.8 Å². The SMILES string of the molecule is CC(C)(C)OC(=O)Nc1ccc(-c2cccs2)cc1N.CCOC(=O)c1cnc2cc(Br)ccc2c1.CCOC(=O)c1cnc2cc(N3CCN(C)CC3)ccc2c1.CN1CCN(c2ccc3cc(C(=O)Nc4cc(-c5cccs5)ccc4N)cnc3c2)CC1.CN1CCN(c2ccc3cc(C(=O)Nc4cc(-c5cccs5)ccc4NC(=O)OC(C)(C)C)cnc3c2)CC1.CN1CCN(c2ccc3cc(C(=O)O)cnc3c2)CC1. The van der Waals surface area contributed by atoms with Gasteiger partial charge in [-0.25, -0.2) is 24.0 Å². The van der Waals surface area contributed by atoms with Crippen molar-refractivity contribution in [3.05, 3.63) is 292 Å². The van der Waals surface area contributed by atoms with Gasteiger partial charge in [0, 0.05) is 204 Å². The fourth-order valence-electron chi connectivity index (χ4n) is 16.7. The fourth-order valence-corrected chi connectivity index (χ4v) is 19.2. The third-order valence-corrected chi connectivity index (χ3v) is 28.1. The molecule has 4 saturated heterocycles. The van der Waals surface area contributed by atoms with Gasteiger partial charge in [-0.2, -0.15) is 0 Å². The maximum Gasteiger partial charge on any atom is 0.412 e. The number of carbonyl (C=O) groups is 7.